The van der Waals surface area contributed by atoms with E-state index >= 15 is 0 Å². The molecule has 1 atom stereocenters. The van der Waals surface area contributed by atoms with E-state index in [-0.39, 0.29) is 6.54 Å². The fourth-order valence-electron chi connectivity index (χ4n) is 1.22. The van der Waals surface area contributed by atoms with Gasteiger partial charge in [0.25, 0.3) is 0 Å². The summed E-state index contributed by atoms with van der Waals surface area (Å²) >= 11 is 0. The predicted molar refractivity (Wildman–Crippen MR) is 61.1 cm³/mol. The van der Waals surface area contributed by atoms with E-state index in [2.05, 4.69) is 5.32 Å². The lowest BCUT2D eigenvalue weighted by Gasteiger charge is -2.18. The third-order valence-electron chi connectivity index (χ3n) is 2.34. The number of nitriles is 1. The van der Waals surface area contributed by atoms with Crippen LogP contribution in [0.5, 0.6) is 0 Å². The van der Waals surface area contributed by atoms with Gasteiger partial charge in [-0.15, -0.1) is 0 Å². The van der Waals surface area contributed by atoms with Gasteiger partial charge in [-0.3, -0.25) is 0 Å². The summed E-state index contributed by atoms with van der Waals surface area (Å²) in [5.74, 6) is -1.26. The van der Waals surface area contributed by atoms with E-state index in [1.165, 1.54) is 6.92 Å². The van der Waals surface area contributed by atoms with E-state index in [9.17, 15) is 9.90 Å². The molecule has 17 heavy (non-hydrogen) atoms. The Morgan fingerprint density at radius 1 is 1.47 bits per heavy atom. The van der Waals surface area contributed by atoms with Crippen LogP contribution in [0.15, 0.2) is 24.3 Å². The largest absolute Gasteiger partial charge is 0.479 e. The summed E-state index contributed by atoms with van der Waals surface area (Å²) in [5.41, 5.74) is -0.275. The first-order valence-electron chi connectivity index (χ1n) is 5.11. The van der Waals surface area contributed by atoms with Crippen LogP contribution in [0, 0.1) is 11.3 Å². The van der Waals surface area contributed by atoms with Crippen LogP contribution < -0.4 is 5.32 Å². The maximum atomic E-state index is 10.6. The minimum absolute atomic E-state index is 0.0394. The minimum Gasteiger partial charge on any atom is -0.479 e. The second-order valence-electron chi connectivity index (χ2n) is 3.99. The molecular weight excluding hydrogens is 220 g/mol. The van der Waals surface area contributed by atoms with Gasteiger partial charge in [-0.25, -0.2) is 4.79 Å². The summed E-state index contributed by atoms with van der Waals surface area (Å²) in [7, 11) is 0. The summed E-state index contributed by atoms with van der Waals surface area (Å²) in [5, 5.41) is 29.6. The zero-order valence-corrected chi connectivity index (χ0v) is 9.47. The van der Waals surface area contributed by atoms with Crippen molar-refractivity contribution in [3.05, 3.63) is 35.4 Å². The maximum absolute atomic E-state index is 10.6. The van der Waals surface area contributed by atoms with Gasteiger partial charge in [-0.2, -0.15) is 5.26 Å². The van der Waals surface area contributed by atoms with Crippen LogP contribution in [-0.2, 0) is 11.3 Å². The van der Waals surface area contributed by atoms with Gasteiger partial charge in [0, 0.05) is 13.1 Å². The number of aliphatic carboxylic acids is 1. The fourth-order valence-corrected chi connectivity index (χ4v) is 1.22. The van der Waals surface area contributed by atoms with E-state index in [4.69, 9.17) is 10.4 Å². The van der Waals surface area contributed by atoms with Gasteiger partial charge < -0.3 is 15.5 Å². The molecule has 90 valence electrons. The average molecular weight is 234 g/mol. The van der Waals surface area contributed by atoms with Crippen molar-refractivity contribution < 1.29 is 15.0 Å². The van der Waals surface area contributed by atoms with Crippen molar-refractivity contribution in [2.45, 2.75) is 19.1 Å². The molecule has 1 unspecified atom stereocenters. The average Bonchev–Trinajstić information content (AvgIpc) is 2.29. The monoisotopic (exact) mass is 234 g/mol. The van der Waals surface area contributed by atoms with E-state index in [1.807, 2.05) is 6.07 Å². The van der Waals surface area contributed by atoms with Gasteiger partial charge in [0.2, 0.25) is 0 Å². The normalized spacial score (nSPS) is 13.7. The van der Waals surface area contributed by atoms with Crippen molar-refractivity contribution in [3.8, 4) is 6.07 Å². The lowest BCUT2D eigenvalue weighted by molar-refractivity contribution is -0.156. The molecule has 0 saturated heterocycles. The standard InChI is InChI=1S/C12H14N2O3/c1-12(17,11(15)16)8-14-7-10-4-2-9(6-13)3-5-10/h2-5,14,17H,7-8H2,1H3,(H,15,16). The predicted octanol–water partition coefficient (Wildman–Crippen LogP) is 0.483. The molecule has 0 heterocycles. The topological polar surface area (TPSA) is 93.4 Å². The van der Waals surface area contributed by atoms with Crippen molar-refractivity contribution in [2.75, 3.05) is 6.54 Å². The minimum atomic E-state index is -1.77. The van der Waals surface area contributed by atoms with Crippen molar-refractivity contribution in [3.63, 3.8) is 0 Å². The summed E-state index contributed by atoms with van der Waals surface area (Å²) in [6.45, 7) is 1.64. The van der Waals surface area contributed by atoms with Crippen LogP contribution in [0.4, 0.5) is 0 Å². The molecule has 3 N–H and O–H groups in total. The zero-order chi connectivity index (χ0) is 12.9. The Kier molecular flexibility index (Phi) is 4.21. The molecule has 1 aromatic rings. The second-order valence-corrected chi connectivity index (χ2v) is 3.99. The van der Waals surface area contributed by atoms with Gasteiger partial charge >= 0.3 is 5.97 Å². The summed E-state index contributed by atoms with van der Waals surface area (Å²) in [6, 6.07) is 8.94. The molecule has 0 fully saturated rings. The number of rotatable bonds is 5. The number of aliphatic hydroxyl groups is 1. The molecule has 5 heteroatoms. The highest BCUT2D eigenvalue weighted by Gasteiger charge is 2.28. The van der Waals surface area contributed by atoms with E-state index < -0.39 is 11.6 Å². The number of carbonyl (C=O) groups is 1. The van der Waals surface area contributed by atoms with Crippen molar-refractivity contribution in [2.24, 2.45) is 0 Å². The van der Waals surface area contributed by atoms with E-state index in [0.29, 0.717) is 12.1 Å². The Morgan fingerprint density at radius 2 is 2.06 bits per heavy atom. The second kappa shape index (κ2) is 5.43. The molecule has 0 aliphatic carbocycles. The quantitative estimate of drug-likeness (QED) is 0.689. The van der Waals surface area contributed by atoms with Gasteiger partial charge in [0.15, 0.2) is 5.60 Å². The number of nitrogens with zero attached hydrogens (tertiary/aromatic N) is 1. The highest BCUT2D eigenvalue weighted by atomic mass is 16.4. The lowest BCUT2D eigenvalue weighted by atomic mass is 10.1. The summed E-state index contributed by atoms with van der Waals surface area (Å²) in [4.78, 5) is 10.6. The number of carboxylic acids is 1. The molecule has 0 aliphatic heterocycles. The molecule has 0 spiro atoms. The first kappa shape index (κ1) is 13.2. The molecule has 0 aliphatic rings. The first-order valence-corrected chi connectivity index (χ1v) is 5.11. The van der Waals surface area contributed by atoms with Crippen LogP contribution in [0.2, 0.25) is 0 Å². The van der Waals surface area contributed by atoms with Gasteiger partial charge in [-0.1, -0.05) is 12.1 Å². The number of hydrogen-bond donors (Lipinski definition) is 3. The Morgan fingerprint density at radius 3 is 2.53 bits per heavy atom. The molecule has 1 rings (SSSR count). The SMILES string of the molecule is CC(O)(CNCc1ccc(C#N)cc1)C(=O)O. The number of carboxylic acid groups (broad SMARTS) is 1. The van der Waals surface area contributed by atoms with Crippen LogP contribution in [0.1, 0.15) is 18.1 Å². The molecule has 0 bridgehead atoms. The van der Waals surface area contributed by atoms with Crippen molar-refractivity contribution in [1.82, 2.24) is 5.32 Å². The smallest absolute Gasteiger partial charge is 0.336 e. The van der Waals surface area contributed by atoms with Crippen LogP contribution >= 0.6 is 0 Å². The van der Waals surface area contributed by atoms with Crippen LogP contribution in [-0.4, -0.2) is 28.3 Å². The van der Waals surface area contributed by atoms with Crippen molar-refractivity contribution >= 4 is 5.97 Å². The van der Waals surface area contributed by atoms with E-state index in [1.54, 1.807) is 24.3 Å². The molecule has 0 amide bonds. The summed E-state index contributed by atoms with van der Waals surface area (Å²) in [6.07, 6.45) is 0. The molecule has 0 saturated carbocycles. The number of benzene rings is 1. The highest BCUT2D eigenvalue weighted by molar-refractivity contribution is 5.76. The Balaban J connectivity index is 2.46. The molecule has 1 aromatic carbocycles. The van der Waals surface area contributed by atoms with Gasteiger partial charge in [0.1, 0.15) is 0 Å². The van der Waals surface area contributed by atoms with Gasteiger partial charge in [0.05, 0.1) is 11.6 Å². The summed E-state index contributed by atoms with van der Waals surface area (Å²) < 4.78 is 0. The highest BCUT2D eigenvalue weighted by Crippen LogP contribution is 2.05. The first-order chi connectivity index (χ1) is 7.95. The molecule has 5 nitrogen and oxygen atoms in total. The Hall–Kier alpha value is -1.90. The Bertz CT molecular complexity index is 432. The molecule has 0 aromatic heterocycles. The number of hydrogen-bond acceptors (Lipinski definition) is 4. The van der Waals surface area contributed by atoms with E-state index in [0.717, 1.165) is 5.56 Å². The number of nitrogens with one attached hydrogen (secondary N) is 1. The van der Waals surface area contributed by atoms with Gasteiger partial charge in [-0.05, 0) is 24.6 Å². The Labute approximate surface area is 99.3 Å². The molecular formula is C12H14N2O3. The zero-order valence-electron chi connectivity index (χ0n) is 9.47. The van der Waals surface area contributed by atoms with Crippen LogP contribution in [0.3, 0.4) is 0 Å². The third kappa shape index (κ3) is 3.87. The fraction of sp³-hybridized carbons (Fsp3) is 0.333. The molecule has 0 radical (unpaired) electrons. The lowest BCUT2D eigenvalue weighted by Crippen LogP contribution is -2.44. The van der Waals surface area contributed by atoms with Crippen LogP contribution in [0.25, 0.3) is 0 Å². The van der Waals surface area contributed by atoms with Crippen molar-refractivity contribution in [1.29, 1.82) is 5.26 Å². The maximum Gasteiger partial charge on any atom is 0.336 e. The third-order valence-corrected chi connectivity index (χ3v) is 2.34.